The summed E-state index contributed by atoms with van der Waals surface area (Å²) < 4.78 is 14.4. The number of hydrogen-bond acceptors (Lipinski definition) is 2. The summed E-state index contributed by atoms with van der Waals surface area (Å²) in [4.78, 5) is 2.41. The van der Waals surface area contributed by atoms with Crippen LogP contribution in [-0.4, -0.2) is 31.1 Å². The second kappa shape index (κ2) is 6.64. The van der Waals surface area contributed by atoms with Crippen molar-refractivity contribution in [3.8, 4) is 0 Å². The highest BCUT2D eigenvalue weighted by atomic mass is 79.9. The molecule has 1 aromatic carbocycles. The number of rotatable bonds is 4. The maximum atomic E-state index is 13.6. The average molecular weight is 327 g/mol. The maximum Gasteiger partial charge on any atom is 0.124 e. The first-order valence-electron chi connectivity index (χ1n) is 6.61. The van der Waals surface area contributed by atoms with Crippen molar-refractivity contribution < 1.29 is 4.39 Å². The Kier molecular flexibility index (Phi) is 5.13. The molecule has 0 saturated carbocycles. The van der Waals surface area contributed by atoms with Crippen molar-refractivity contribution in [3.63, 3.8) is 0 Å². The highest BCUT2D eigenvalue weighted by Crippen LogP contribution is 2.30. The molecule has 1 atom stereocenters. The van der Waals surface area contributed by atoms with Gasteiger partial charge >= 0.3 is 0 Å². The van der Waals surface area contributed by atoms with Crippen LogP contribution in [-0.2, 0) is 0 Å². The lowest BCUT2D eigenvalue weighted by molar-refractivity contribution is 0.172. The highest BCUT2D eigenvalue weighted by Gasteiger charge is 2.22. The standard InChI is InChI=1S/C15H20BrFN2/c1-11(2)7-15(19-5-3-18-4-6-19)12-8-13(16)10-14(17)9-12/h8-10,15,18H,1,3-7H2,2H3/t15-/m0/s1. The molecule has 1 aromatic rings. The van der Waals surface area contributed by atoms with Gasteiger partial charge in [0.2, 0.25) is 0 Å². The van der Waals surface area contributed by atoms with Gasteiger partial charge in [0.05, 0.1) is 0 Å². The molecule has 0 radical (unpaired) electrons. The molecular weight excluding hydrogens is 307 g/mol. The first kappa shape index (κ1) is 14.7. The lowest BCUT2D eigenvalue weighted by Crippen LogP contribution is -2.45. The molecule has 1 fully saturated rings. The van der Waals surface area contributed by atoms with Crippen molar-refractivity contribution >= 4 is 15.9 Å². The van der Waals surface area contributed by atoms with Gasteiger partial charge in [0.1, 0.15) is 5.82 Å². The van der Waals surface area contributed by atoms with Crippen LogP contribution in [0.3, 0.4) is 0 Å². The molecule has 2 nitrogen and oxygen atoms in total. The zero-order chi connectivity index (χ0) is 13.8. The van der Waals surface area contributed by atoms with Crippen LogP contribution in [0.5, 0.6) is 0 Å². The lowest BCUT2D eigenvalue weighted by atomic mass is 9.98. The molecule has 0 unspecified atom stereocenters. The number of nitrogens with one attached hydrogen (secondary N) is 1. The molecule has 1 aliphatic rings. The van der Waals surface area contributed by atoms with E-state index in [-0.39, 0.29) is 11.9 Å². The molecule has 0 bridgehead atoms. The Morgan fingerprint density at radius 3 is 2.68 bits per heavy atom. The van der Waals surface area contributed by atoms with E-state index >= 15 is 0 Å². The van der Waals surface area contributed by atoms with Crippen molar-refractivity contribution in [2.75, 3.05) is 26.2 Å². The van der Waals surface area contributed by atoms with Gasteiger partial charge in [0.15, 0.2) is 0 Å². The quantitative estimate of drug-likeness (QED) is 0.852. The van der Waals surface area contributed by atoms with Crippen LogP contribution in [0.1, 0.15) is 24.9 Å². The van der Waals surface area contributed by atoms with Gasteiger partial charge in [0, 0.05) is 36.7 Å². The number of hydrogen-bond donors (Lipinski definition) is 1. The Labute approximate surface area is 122 Å². The minimum atomic E-state index is -0.189. The van der Waals surface area contributed by atoms with Crippen LogP contribution < -0.4 is 5.32 Å². The van der Waals surface area contributed by atoms with Crippen molar-refractivity contribution in [2.24, 2.45) is 0 Å². The van der Waals surface area contributed by atoms with Gasteiger partial charge in [-0.15, -0.1) is 6.58 Å². The summed E-state index contributed by atoms with van der Waals surface area (Å²) in [6, 6.07) is 5.37. The summed E-state index contributed by atoms with van der Waals surface area (Å²) in [5, 5.41) is 3.35. The Bertz CT molecular complexity index is 435. The molecule has 1 saturated heterocycles. The highest BCUT2D eigenvalue weighted by molar-refractivity contribution is 9.10. The van der Waals surface area contributed by atoms with Gasteiger partial charge < -0.3 is 5.32 Å². The van der Waals surface area contributed by atoms with Crippen LogP contribution in [0.25, 0.3) is 0 Å². The lowest BCUT2D eigenvalue weighted by Gasteiger charge is -2.35. The molecule has 1 heterocycles. The van der Waals surface area contributed by atoms with E-state index in [2.05, 4.69) is 32.7 Å². The zero-order valence-corrected chi connectivity index (χ0v) is 12.8. The van der Waals surface area contributed by atoms with Crippen LogP contribution in [0.15, 0.2) is 34.8 Å². The molecule has 19 heavy (non-hydrogen) atoms. The molecule has 1 aliphatic heterocycles. The Balaban J connectivity index is 2.27. The molecule has 0 spiro atoms. The summed E-state index contributed by atoms with van der Waals surface area (Å²) in [7, 11) is 0. The SMILES string of the molecule is C=C(C)C[C@@H](c1cc(F)cc(Br)c1)N1CCNCC1. The van der Waals surface area contributed by atoms with Gasteiger partial charge in [-0.1, -0.05) is 21.5 Å². The third-order valence-corrected chi connectivity index (χ3v) is 3.86. The average Bonchev–Trinajstić information content (AvgIpc) is 2.35. The number of piperazine rings is 1. The normalized spacial score (nSPS) is 18.3. The van der Waals surface area contributed by atoms with Crippen LogP contribution in [0, 0.1) is 5.82 Å². The van der Waals surface area contributed by atoms with E-state index in [0.717, 1.165) is 48.2 Å². The van der Waals surface area contributed by atoms with E-state index in [1.807, 2.05) is 13.0 Å². The van der Waals surface area contributed by atoms with E-state index in [1.54, 1.807) is 6.07 Å². The van der Waals surface area contributed by atoms with Crippen LogP contribution in [0.2, 0.25) is 0 Å². The summed E-state index contributed by atoms with van der Waals surface area (Å²) in [5.41, 5.74) is 2.15. The van der Waals surface area contributed by atoms with E-state index in [0.29, 0.717) is 0 Å². The van der Waals surface area contributed by atoms with Crippen molar-refractivity contribution in [3.05, 3.63) is 46.2 Å². The van der Waals surface area contributed by atoms with Crippen molar-refractivity contribution in [2.45, 2.75) is 19.4 Å². The number of benzene rings is 1. The van der Waals surface area contributed by atoms with E-state index in [1.165, 1.54) is 6.07 Å². The molecule has 104 valence electrons. The van der Waals surface area contributed by atoms with Gasteiger partial charge in [-0.2, -0.15) is 0 Å². The Morgan fingerprint density at radius 2 is 2.11 bits per heavy atom. The van der Waals surface area contributed by atoms with E-state index < -0.39 is 0 Å². The van der Waals surface area contributed by atoms with Crippen LogP contribution in [0.4, 0.5) is 4.39 Å². The predicted octanol–water partition coefficient (Wildman–Crippen LogP) is 3.50. The van der Waals surface area contributed by atoms with Crippen molar-refractivity contribution in [1.82, 2.24) is 10.2 Å². The summed E-state index contributed by atoms with van der Waals surface area (Å²) >= 11 is 3.38. The fourth-order valence-electron chi connectivity index (χ4n) is 2.55. The Hall–Kier alpha value is -0.710. The van der Waals surface area contributed by atoms with Gasteiger partial charge in [-0.3, -0.25) is 4.90 Å². The predicted molar refractivity (Wildman–Crippen MR) is 80.7 cm³/mol. The maximum absolute atomic E-state index is 13.6. The summed E-state index contributed by atoms with van der Waals surface area (Å²) in [6.45, 7) is 10.0. The smallest absolute Gasteiger partial charge is 0.124 e. The van der Waals surface area contributed by atoms with Gasteiger partial charge in [0.25, 0.3) is 0 Å². The molecule has 0 amide bonds. The Morgan fingerprint density at radius 1 is 1.42 bits per heavy atom. The molecular formula is C15H20BrFN2. The number of nitrogens with zero attached hydrogens (tertiary/aromatic N) is 1. The van der Waals surface area contributed by atoms with Crippen LogP contribution >= 0.6 is 15.9 Å². The van der Waals surface area contributed by atoms with E-state index in [9.17, 15) is 4.39 Å². The largest absolute Gasteiger partial charge is 0.314 e. The minimum absolute atomic E-state index is 0.189. The zero-order valence-electron chi connectivity index (χ0n) is 11.3. The molecule has 0 aliphatic carbocycles. The molecule has 0 aromatic heterocycles. The van der Waals surface area contributed by atoms with Gasteiger partial charge in [-0.05, 0) is 37.1 Å². The monoisotopic (exact) mass is 326 g/mol. The number of halogens is 2. The molecule has 1 N–H and O–H groups in total. The van der Waals surface area contributed by atoms with Crippen molar-refractivity contribution in [1.29, 1.82) is 0 Å². The summed E-state index contributed by atoms with van der Waals surface area (Å²) in [6.07, 6.45) is 0.871. The van der Waals surface area contributed by atoms with E-state index in [4.69, 9.17) is 0 Å². The fraction of sp³-hybridized carbons (Fsp3) is 0.467. The topological polar surface area (TPSA) is 15.3 Å². The fourth-order valence-corrected chi connectivity index (χ4v) is 3.03. The third-order valence-electron chi connectivity index (χ3n) is 3.40. The summed E-state index contributed by atoms with van der Waals surface area (Å²) in [5.74, 6) is -0.189. The second-order valence-electron chi connectivity index (χ2n) is 5.17. The first-order valence-corrected chi connectivity index (χ1v) is 7.40. The molecule has 4 heteroatoms. The minimum Gasteiger partial charge on any atom is -0.314 e. The third kappa shape index (κ3) is 4.13. The second-order valence-corrected chi connectivity index (χ2v) is 6.08. The first-order chi connectivity index (χ1) is 9.06. The van der Waals surface area contributed by atoms with Gasteiger partial charge in [-0.25, -0.2) is 4.39 Å². The molecule has 2 rings (SSSR count).